The van der Waals surface area contributed by atoms with Crippen molar-refractivity contribution < 1.29 is 9.84 Å². The lowest BCUT2D eigenvalue weighted by atomic mass is 9.85. The van der Waals surface area contributed by atoms with Crippen LogP contribution in [0.15, 0.2) is 0 Å². The van der Waals surface area contributed by atoms with E-state index in [2.05, 4.69) is 6.92 Å². The van der Waals surface area contributed by atoms with Crippen molar-refractivity contribution in [1.29, 1.82) is 0 Å². The van der Waals surface area contributed by atoms with E-state index >= 15 is 0 Å². The Bertz CT molecular complexity index is 134. The minimum atomic E-state index is -0.318. The second kappa shape index (κ2) is 5.61. The number of hydrogen-bond acceptors (Lipinski definition) is 2. The molecule has 2 unspecified atom stereocenters. The lowest BCUT2D eigenvalue weighted by Crippen LogP contribution is -2.25. The minimum absolute atomic E-state index is 0.318. The molecule has 0 amide bonds. The Labute approximate surface area is 81.3 Å². The molecule has 0 aromatic rings. The first-order chi connectivity index (χ1) is 6.22. The van der Waals surface area contributed by atoms with E-state index in [0.29, 0.717) is 12.7 Å². The summed E-state index contributed by atoms with van der Waals surface area (Å²) in [6.07, 6.45) is 6.41. The first-order valence-corrected chi connectivity index (χ1v) is 5.52. The molecule has 3 atom stereocenters. The van der Waals surface area contributed by atoms with E-state index in [1.165, 1.54) is 32.1 Å². The Kier molecular flexibility index (Phi) is 4.74. The molecule has 0 aromatic carbocycles. The lowest BCUT2D eigenvalue weighted by molar-refractivity contribution is -0.0279. The number of aliphatic hydroxyl groups excluding tert-OH is 1. The van der Waals surface area contributed by atoms with Gasteiger partial charge in [0, 0.05) is 0 Å². The summed E-state index contributed by atoms with van der Waals surface area (Å²) in [5.74, 6) is 0.854. The van der Waals surface area contributed by atoms with Gasteiger partial charge in [0.15, 0.2) is 0 Å². The summed E-state index contributed by atoms with van der Waals surface area (Å²) < 4.78 is 5.63. The molecule has 2 heteroatoms. The molecule has 1 fully saturated rings. The molecule has 0 bridgehead atoms. The van der Waals surface area contributed by atoms with Gasteiger partial charge in [-0.2, -0.15) is 0 Å². The molecule has 1 N–H and O–H groups in total. The molecule has 0 heterocycles. The quantitative estimate of drug-likeness (QED) is 0.730. The zero-order chi connectivity index (χ0) is 9.68. The first-order valence-electron chi connectivity index (χ1n) is 5.52. The van der Waals surface area contributed by atoms with Crippen LogP contribution in [-0.4, -0.2) is 23.9 Å². The van der Waals surface area contributed by atoms with Gasteiger partial charge in [0.05, 0.1) is 18.8 Å². The second-order valence-electron chi connectivity index (χ2n) is 4.25. The molecular weight excluding hydrogens is 164 g/mol. The average molecular weight is 186 g/mol. The third kappa shape index (κ3) is 4.10. The number of hydrogen-bond donors (Lipinski definition) is 1. The van der Waals surface area contributed by atoms with Crippen LogP contribution in [0.1, 0.15) is 46.0 Å². The third-order valence-electron chi connectivity index (χ3n) is 2.89. The van der Waals surface area contributed by atoms with Crippen molar-refractivity contribution >= 4 is 0 Å². The smallest absolute Gasteiger partial charge is 0.0745 e. The highest BCUT2D eigenvalue weighted by molar-refractivity contribution is 4.72. The van der Waals surface area contributed by atoms with Crippen molar-refractivity contribution in [2.24, 2.45) is 5.92 Å². The topological polar surface area (TPSA) is 29.5 Å². The summed E-state index contributed by atoms with van der Waals surface area (Å²) in [7, 11) is 0. The summed E-state index contributed by atoms with van der Waals surface area (Å²) in [6.45, 7) is 4.53. The van der Waals surface area contributed by atoms with Crippen LogP contribution in [0.2, 0.25) is 0 Å². The second-order valence-corrected chi connectivity index (χ2v) is 4.25. The normalized spacial score (nSPS) is 31.6. The van der Waals surface area contributed by atoms with Crippen LogP contribution in [0.3, 0.4) is 0 Å². The summed E-state index contributed by atoms with van der Waals surface area (Å²) >= 11 is 0. The monoisotopic (exact) mass is 186 g/mol. The average Bonchev–Trinajstić information content (AvgIpc) is 2.15. The minimum Gasteiger partial charge on any atom is -0.391 e. The van der Waals surface area contributed by atoms with Gasteiger partial charge in [-0.15, -0.1) is 0 Å². The summed E-state index contributed by atoms with van der Waals surface area (Å²) in [6, 6.07) is 0. The lowest BCUT2D eigenvalue weighted by Gasteiger charge is -2.28. The maximum atomic E-state index is 9.08. The number of ether oxygens (including phenoxy) is 1. The number of aliphatic hydroxyl groups is 1. The molecule has 1 aliphatic carbocycles. The fourth-order valence-corrected chi connectivity index (χ4v) is 2.04. The fraction of sp³-hybridized carbons (Fsp3) is 1.00. The van der Waals surface area contributed by atoms with Gasteiger partial charge in [0.2, 0.25) is 0 Å². The predicted molar refractivity (Wildman–Crippen MR) is 53.7 cm³/mol. The molecule has 1 saturated carbocycles. The Hall–Kier alpha value is -0.0800. The van der Waals surface area contributed by atoms with Crippen LogP contribution < -0.4 is 0 Å². The van der Waals surface area contributed by atoms with Crippen LogP contribution in [0, 0.1) is 5.92 Å². The van der Waals surface area contributed by atoms with Crippen molar-refractivity contribution in [2.75, 3.05) is 6.61 Å². The van der Waals surface area contributed by atoms with E-state index in [9.17, 15) is 0 Å². The largest absolute Gasteiger partial charge is 0.391 e. The van der Waals surface area contributed by atoms with Gasteiger partial charge >= 0.3 is 0 Å². The zero-order valence-corrected chi connectivity index (χ0v) is 8.83. The van der Waals surface area contributed by atoms with Gasteiger partial charge in [0.25, 0.3) is 0 Å². The Morgan fingerprint density at radius 1 is 1.46 bits per heavy atom. The Morgan fingerprint density at radius 2 is 2.23 bits per heavy atom. The van der Waals surface area contributed by atoms with E-state index in [1.54, 1.807) is 6.92 Å². The maximum absolute atomic E-state index is 9.08. The van der Waals surface area contributed by atoms with Crippen molar-refractivity contribution in [3.8, 4) is 0 Å². The van der Waals surface area contributed by atoms with Crippen LogP contribution in [0.4, 0.5) is 0 Å². The summed E-state index contributed by atoms with van der Waals surface area (Å²) in [4.78, 5) is 0. The predicted octanol–water partition coefficient (Wildman–Crippen LogP) is 2.35. The molecule has 0 aromatic heterocycles. The maximum Gasteiger partial charge on any atom is 0.0745 e. The molecule has 0 saturated heterocycles. The third-order valence-corrected chi connectivity index (χ3v) is 2.89. The molecular formula is C11H22O2. The van der Waals surface area contributed by atoms with Gasteiger partial charge < -0.3 is 9.84 Å². The molecule has 13 heavy (non-hydrogen) atoms. The molecule has 0 spiro atoms. The van der Waals surface area contributed by atoms with E-state index < -0.39 is 0 Å². The van der Waals surface area contributed by atoms with Crippen molar-refractivity contribution in [3.63, 3.8) is 0 Å². The standard InChI is InChI=1S/C11H22O2/c1-3-10-5-4-6-11(7-10)13-8-9(2)12/h9-12H,3-8H2,1-2H3/t9-,10?,11?/m1/s1. The van der Waals surface area contributed by atoms with E-state index in [-0.39, 0.29) is 6.10 Å². The Morgan fingerprint density at radius 3 is 2.85 bits per heavy atom. The summed E-state index contributed by atoms with van der Waals surface area (Å²) in [5.41, 5.74) is 0. The Balaban J connectivity index is 2.18. The zero-order valence-electron chi connectivity index (χ0n) is 8.83. The van der Waals surface area contributed by atoms with Gasteiger partial charge in [-0.3, -0.25) is 0 Å². The fourth-order valence-electron chi connectivity index (χ4n) is 2.04. The number of rotatable bonds is 4. The van der Waals surface area contributed by atoms with Gasteiger partial charge in [-0.05, 0) is 25.7 Å². The SMILES string of the molecule is CCC1CCCC(OC[C@@H](C)O)C1. The van der Waals surface area contributed by atoms with Crippen molar-refractivity contribution in [2.45, 2.75) is 58.2 Å². The molecule has 2 nitrogen and oxygen atoms in total. The van der Waals surface area contributed by atoms with Crippen LogP contribution in [0.5, 0.6) is 0 Å². The van der Waals surface area contributed by atoms with Gasteiger partial charge in [-0.25, -0.2) is 0 Å². The highest BCUT2D eigenvalue weighted by Gasteiger charge is 2.21. The van der Waals surface area contributed by atoms with Crippen molar-refractivity contribution in [3.05, 3.63) is 0 Å². The van der Waals surface area contributed by atoms with Crippen LogP contribution in [0.25, 0.3) is 0 Å². The van der Waals surface area contributed by atoms with Gasteiger partial charge in [-0.1, -0.05) is 26.2 Å². The van der Waals surface area contributed by atoms with Crippen molar-refractivity contribution in [1.82, 2.24) is 0 Å². The molecule has 0 aliphatic heterocycles. The highest BCUT2D eigenvalue weighted by atomic mass is 16.5. The summed E-state index contributed by atoms with van der Waals surface area (Å²) in [5, 5.41) is 9.08. The van der Waals surface area contributed by atoms with E-state index in [0.717, 1.165) is 5.92 Å². The molecule has 0 radical (unpaired) electrons. The molecule has 1 rings (SSSR count). The first kappa shape index (κ1) is 11.0. The highest BCUT2D eigenvalue weighted by Crippen LogP contribution is 2.28. The molecule has 1 aliphatic rings. The van der Waals surface area contributed by atoms with E-state index in [1.807, 2.05) is 0 Å². The van der Waals surface area contributed by atoms with E-state index in [4.69, 9.17) is 9.84 Å². The van der Waals surface area contributed by atoms with Crippen LogP contribution >= 0.6 is 0 Å². The molecule has 78 valence electrons. The van der Waals surface area contributed by atoms with Gasteiger partial charge in [0.1, 0.15) is 0 Å². The van der Waals surface area contributed by atoms with Crippen LogP contribution in [-0.2, 0) is 4.74 Å².